The lowest BCUT2D eigenvalue weighted by Gasteiger charge is -2.12. The van der Waals surface area contributed by atoms with E-state index >= 15 is 0 Å². The Kier molecular flexibility index (Phi) is 5.09. The molecule has 0 radical (unpaired) electrons. The summed E-state index contributed by atoms with van der Waals surface area (Å²) in [4.78, 5) is 16.5. The van der Waals surface area contributed by atoms with Crippen LogP contribution < -0.4 is 11.1 Å². The Hall–Kier alpha value is -2.73. The molecule has 1 atom stereocenters. The van der Waals surface area contributed by atoms with E-state index in [0.717, 1.165) is 16.9 Å². The second-order valence-corrected chi connectivity index (χ2v) is 6.03. The maximum absolute atomic E-state index is 13.8. The van der Waals surface area contributed by atoms with Crippen molar-refractivity contribution in [3.8, 4) is 0 Å². The van der Waals surface area contributed by atoms with Gasteiger partial charge in [0.05, 0.1) is 11.6 Å². The lowest BCUT2D eigenvalue weighted by atomic mass is 10.1. The predicted octanol–water partition coefficient (Wildman–Crippen LogP) is 1.94. The van der Waals surface area contributed by atoms with Gasteiger partial charge in [-0.25, -0.2) is 9.37 Å². The Morgan fingerprint density at radius 3 is 2.72 bits per heavy atom. The monoisotopic (exact) mass is 340 g/mol. The number of hydrogen-bond donors (Lipinski definition) is 2. The van der Waals surface area contributed by atoms with Gasteiger partial charge >= 0.3 is 0 Å². The average Bonchev–Trinajstić information content (AvgIpc) is 2.93. The minimum absolute atomic E-state index is 0.200. The number of nitrogens with zero attached hydrogens (tertiary/aromatic N) is 2. The first-order chi connectivity index (χ1) is 12.1. The van der Waals surface area contributed by atoms with E-state index in [1.807, 2.05) is 48.0 Å². The highest BCUT2D eigenvalue weighted by molar-refractivity contribution is 5.81. The maximum Gasteiger partial charge on any atom is 0.237 e. The molecule has 0 saturated heterocycles. The number of aryl methyl sites for hydroxylation is 1. The number of fused-ring (bicyclic) bond motifs is 1. The molecule has 1 aromatic heterocycles. The van der Waals surface area contributed by atoms with Crippen molar-refractivity contribution in [3.05, 3.63) is 65.7 Å². The van der Waals surface area contributed by atoms with Gasteiger partial charge in [-0.3, -0.25) is 4.79 Å². The molecule has 3 N–H and O–H groups in total. The number of carbonyl (C=O) groups excluding carboxylic acids is 1. The number of carbonyl (C=O) groups is 1. The highest BCUT2D eigenvalue weighted by atomic mass is 19.1. The zero-order valence-corrected chi connectivity index (χ0v) is 14.1. The van der Waals surface area contributed by atoms with Crippen molar-refractivity contribution in [1.82, 2.24) is 14.9 Å². The molecule has 1 heterocycles. The normalized spacial score (nSPS) is 12.3. The summed E-state index contributed by atoms with van der Waals surface area (Å²) in [6.07, 6.45) is 0.999. The summed E-state index contributed by atoms with van der Waals surface area (Å²) >= 11 is 0. The van der Waals surface area contributed by atoms with Crippen molar-refractivity contribution in [2.75, 3.05) is 6.54 Å². The molecule has 0 saturated carbocycles. The lowest BCUT2D eigenvalue weighted by molar-refractivity contribution is -0.122. The van der Waals surface area contributed by atoms with Crippen LogP contribution in [0.4, 0.5) is 4.39 Å². The van der Waals surface area contributed by atoms with E-state index in [1.54, 1.807) is 6.07 Å². The summed E-state index contributed by atoms with van der Waals surface area (Å²) in [7, 11) is 1.84. The largest absolute Gasteiger partial charge is 0.354 e. The van der Waals surface area contributed by atoms with Gasteiger partial charge in [-0.2, -0.15) is 0 Å². The Balaban J connectivity index is 1.56. The number of halogens is 1. The standard InChI is InChI=1S/C19H21FN4O/c1-24-16-9-5-8-14(20)18(16)23-17(24)10-11-22-19(25)15(21)12-13-6-3-2-4-7-13/h2-9,15H,10-12,21H2,1H3,(H,22,25). The molecule has 0 aliphatic carbocycles. The van der Waals surface area contributed by atoms with E-state index in [1.165, 1.54) is 6.07 Å². The van der Waals surface area contributed by atoms with E-state index < -0.39 is 6.04 Å². The molecular formula is C19H21FN4O. The first kappa shape index (κ1) is 17.1. The summed E-state index contributed by atoms with van der Waals surface area (Å²) < 4.78 is 15.6. The van der Waals surface area contributed by atoms with Crippen LogP contribution in [0.5, 0.6) is 0 Å². The molecule has 130 valence electrons. The van der Waals surface area contributed by atoms with Crippen LogP contribution in [0.15, 0.2) is 48.5 Å². The molecule has 0 bridgehead atoms. The van der Waals surface area contributed by atoms with Crippen molar-refractivity contribution in [1.29, 1.82) is 0 Å². The van der Waals surface area contributed by atoms with E-state index in [2.05, 4.69) is 10.3 Å². The van der Waals surface area contributed by atoms with Gasteiger partial charge in [0.15, 0.2) is 5.82 Å². The molecule has 6 heteroatoms. The molecule has 0 aliphatic rings. The highest BCUT2D eigenvalue weighted by Gasteiger charge is 2.15. The molecule has 0 aliphatic heterocycles. The van der Waals surface area contributed by atoms with Crippen LogP contribution in [0.3, 0.4) is 0 Å². The van der Waals surface area contributed by atoms with Gasteiger partial charge in [0.25, 0.3) is 0 Å². The fraction of sp³-hybridized carbons (Fsp3) is 0.263. The number of benzene rings is 2. The van der Waals surface area contributed by atoms with E-state index in [4.69, 9.17) is 5.73 Å². The second-order valence-electron chi connectivity index (χ2n) is 6.03. The first-order valence-electron chi connectivity index (χ1n) is 8.23. The van der Waals surface area contributed by atoms with Crippen molar-refractivity contribution in [2.45, 2.75) is 18.9 Å². The third-order valence-corrected chi connectivity index (χ3v) is 4.24. The highest BCUT2D eigenvalue weighted by Crippen LogP contribution is 2.17. The number of hydrogen-bond acceptors (Lipinski definition) is 3. The molecule has 5 nitrogen and oxygen atoms in total. The molecular weight excluding hydrogens is 319 g/mol. The fourth-order valence-electron chi connectivity index (χ4n) is 2.84. The van der Waals surface area contributed by atoms with Gasteiger partial charge < -0.3 is 15.6 Å². The Morgan fingerprint density at radius 2 is 2.00 bits per heavy atom. The third-order valence-electron chi connectivity index (χ3n) is 4.24. The smallest absolute Gasteiger partial charge is 0.237 e. The van der Waals surface area contributed by atoms with Crippen LogP contribution >= 0.6 is 0 Å². The molecule has 0 fully saturated rings. The molecule has 3 rings (SSSR count). The maximum atomic E-state index is 13.8. The summed E-state index contributed by atoms with van der Waals surface area (Å²) in [5.74, 6) is 0.180. The summed E-state index contributed by atoms with van der Waals surface area (Å²) in [5, 5.41) is 2.83. The molecule has 0 spiro atoms. The van der Waals surface area contributed by atoms with Crippen molar-refractivity contribution < 1.29 is 9.18 Å². The third kappa shape index (κ3) is 3.85. The van der Waals surface area contributed by atoms with Crippen LogP contribution in [-0.2, 0) is 24.7 Å². The molecule has 1 amide bonds. The summed E-state index contributed by atoms with van der Waals surface area (Å²) in [5.41, 5.74) is 8.07. The Morgan fingerprint density at radius 1 is 1.24 bits per heavy atom. The van der Waals surface area contributed by atoms with E-state index in [-0.39, 0.29) is 11.7 Å². The van der Waals surface area contributed by atoms with Crippen LogP contribution in [0.1, 0.15) is 11.4 Å². The molecule has 25 heavy (non-hydrogen) atoms. The minimum atomic E-state index is -0.597. The van der Waals surface area contributed by atoms with Gasteiger partial charge in [-0.15, -0.1) is 0 Å². The van der Waals surface area contributed by atoms with Crippen molar-refractivity contribution >= 4 is 16.9 Å². The number of aromatic nitrogens is 2. The molecule has 3 aromatic rings. The Labute approximate surface area is 145 Å². The number of rotatable bonds is 6. The van der Waals surface area contributed by atoms with Crippen LogP contribution in [0.25, 0.3) is 11.0 Å². The zero-order valence-electron chi connectivity index (χ0n) is 14.1. The van der Waals surface area contributed by atoms with Gasteiger partial charge in [-0.05, 0) is 24.1 Å². The average molecular weight is 340 g/mol. The number of imidazole rings is 1. The molecule has 2 aromatic carbocycles. The second kappa shape index (κ2) is 7.44. The fourth-order valence-corrected chi connectivity index (χ4v) is 2.84. The van der Waals surface area contributed by atoms with E-state index in [9.17, 15) is 9.18 Å². The quantitative estimate of drug-likeness (QED) is 0.720. The van der Waals surface area contributed by atoms with Gasteiger partial charge in [-0.1, -0.05) is 36.4 Å². The van der Waals surface area contributed by atoms with Crippen LogP contribution in [0, 0.1) is 5.82 Å². The lowest BCUT2D eigenvalue weighted by Crippen LogP contribution is -2.42. The first-order valence-corrected chi connectivity index (χ1v) is 8.23. The van der Waals surface area contributed by atoms with Gasteiger partial charge in [0, 0.05) is 20.0 Å². The number of amides is 1. The van der Waals surface area contributed by atoms with Gasteiger partial charge in [0.1, 0.15) is 11.3 Å². The SMILES string of the molecule is Cn1c(CCNC(=O)C(N)Cc2ccccc2)nc2c(F)cccc21. The van der Waals surface area contributed by atoms with Crippen LogP contribution in [0.2, 0.25) is 0 Å². The van der Waals surface area contributed by atoms with Gasteiger partial charge in [0.2, 0.25) is 5.91 Å². The summed E-state index contributed by atoms with van der Waals surface area (Å²) in [6, 6.07) is 13.9. The topological polar surface area (TPSA) is 72.9 Å². The van der Waals surface area contributed by atoms with Crippen molar-refractivity contribution in [2.24, 2.45) is 12.8 Å². The summed E-state index contributed by atoms with van der Waals surface area (Å²) in [6.45, 7) is 0.403. The number of nitrogens with one attached hydrogen (secondary N) is 1. The minimum Gasteiger partial charge on any atom is -0.354 e. The molecule has 1 unspecified atom stereocenters. The van der Waals surface area contributed by atoms with E-state index in [0.29, 0.717) is 24.9 Å². The number of nitrogens with two attached hydrogens (primary N) is 1. The van der Waals surface area contributed by atoms with Crippen molar-refractivity contribution in [3.63, 3.8) is 0 Å². The number of para-hydroxylation sites is 1. The zero-order chi connectivity index (χ0) is 17.8. The Bertz CT molecular complexity index is 876. The predicted molar refractivity (Wildman–Crippen MR) is 95.5 cm³/mol. The van der Waals surface area contributed by atoms with Crippen LogP contribution in [-0.4, -0.2) is 28.0 Å².